The van der Waals surface area contributed by atoms with E-state index in [0.717, 1.165) is 0 Å². The second kappa shape index (κ2) is 4.18. The van der Waals surface area contributed by atoms with Crippen LogP contribution in [0.15, 0.2) is 0 Å². The van der Waals surface area contributed by atoms with Crippen LogP contribution in [0.5, 0.6) is 0 Å². The highest BCUT2D eigenvalue weighted by atomic mass is 32.2. The monoisotopic (exact) mass is 147 g/mol. The summed E-state index contributed by atoms with van der Waals surface area (Å²) in [4.78, 5) is 0. The zero-order valence-electron chi connectivity index (χ0n) is 6.72. The molecule has 9 heavy (non-hydrogen) atoms. The first-order valence-corrected chi connectivity index (χ1v) is 4.66. The Hall–Kier alpha value is 0.310. The van der Waals surface area contributed by atoms with Crippen molar-refractivity contribution in [3.05, 3.63) is 0 Å². The second-order valence-electron chi connectivity index (χ2n) is 2.76. The molecule has 2 atom stereocenters. The molecule has 0 aliphatic carbocycles. The molecular weight excluding hydrogens is 130 g/mol. The zero-order valence-corrected chi connectivity index (χ0v) is 7.53. The maximum absolute atomic E-state index is 5.85. The van der Waals surface area contributed by atoms with Crippen LogP contribution in [0.2, 0.25) is 0 Å². The van der Waals surface area contributed by atoms with E-state index in [1.54, 1.807) is 0 Å². The summed E-state index contributed by atoms with van der Waals surface area (Å²) in [5.74, 6) is 0.604. The molecule has 2 N–H and O–H groups in total. The van der Waals surface area contributed by atoms with Crippen molar-refractivity contribution in [1.82, 2.24) is 0 Å². The molecule has 2 unspecified atom stereocenters. The van der Waals surface area contributed by atoms with E-state index in [1.165, 1.54) is 0 Å². The maximum atomic E-state index is 5.85. The van der Waals surface area contributed by atoms with Crippen LogP contribution in [0.4, 0.5) is 0 Å². The van der Waals surface area contributed by atoms with Crippen molar-refractivity contribution in [3.63, 3.8) is 0 Å². The van der Waals surface area contributed by atoms with Gasteiger partial charge in [-0.1, -0.05) is 20.8 Å². The molecule has 0 aromatic rings. The SMILES string of the molecule is CSC(C)C(N)C(C)C. The van der Waals surface area contributed by atoms with Gasteiger partial charge < -0.3 is 5.73 Å². The maximum Gasteiger partial charge on any atom is 0.0179 e. The Morgan fingerprint density at radius 1 is 1.22 bits per heavy atom. The molecule has 2 heteroatoms. The van der Waals surface area contributed by atoms with E-state index < -0.39 is 0 Å². The Kier molecular flexibility index (Phi) is 4.32. The van der Waals surface area contributed by atoms with E-state index in [2.05, 4.69) is 27.0 Å². The van der Waals surface area contributed by atoms with Crippen LogP contribution in [0.1, 0.15) is 20.8 Å². The van der Waals surface area contributed by atoms with E-state index in [4.69, 9.17) is 5.73 Å². The Morgan fingerprint density at radius 2 is 1.67 bits per heavy atom. The normalized spacial score (nSPS) is 18.0. The van der Waals surface area contributed by atoms with Gasteiger partial charge >= 0.3 is 0 Å². The van der Waals surface area contributed by atoms with Crippen molar-refractivity contribution in [2.75, 3.05) is 6.26 Å². The van der Waals surface area contributed by atoms with Crippen molar-refractivity contribution in [3.8, 4) is 0 Å². The van der Waals surface area contributed by atoms with E-state index >= 15 is 0 Å². The van der Waals surface area contributed by atoms with Gasteiger partial charge in [-0.05, 0) is 12.2 Å². The third-order valence-corrected chi connectivity index (χ3v) is 2.74. The van der Waals surface area contributed by atoms with Crippen LogP contribution in [0.3, 0.4) is 0 Å². The largest absolute Gasteiger partial charge is 0.326 e. The summed E-state index contributed by atoms with van der Waals surface area (Å²) in [6.45, 7) is 6.50. The van der Waals surface area contributed by atoms with Gasteiger partial charge in [-0.3, -0.25) is 0 Å². The summed E-state index contributed by atoms with van der Waals surface area (Å²) < 4.78 is 0. The quantitative estimate of drug-likeness (QED) is 0.658. The Morgan fingerprint density at radius 3 is 1.78 bits per heavy atom. The van der Waals surface area contributed by atoms with Gasteiger partial charge in [0.15, 0.2) is 0 Å². The molecule has 0 saturated carbocycles. The van der Waals surface area contributed by atoms with Crippen LogP contribution in [-0.4, -0.2) is 17.5 Å². The Bertz CT molecular complexity index is 73.3. The van der Waals surface area contributed by atoms with Gasteiger partial charge in [0.05, 0.1) is 0 Å². The molecule has 0 rings (SSSR count). The average Bonchev–Trinajstić information content (AvgIpc) is 1.84. The van der Waals surface area contributed by atoms with Gasteiger partial charge in [0, 0.05) is 11.3 Å². The molecular formula is C7H17NS. The first kappa shape index (κ1) is 9.31. The van der Waals surface area contributed by atoms with Crippen LogP contribution in [-0.2, 0) is 0 Å². The van der Waals surface area contributed by atoms with Gasteiger partial charge in [0.1, 0.15) is 0 Å². The van der Waals surface area contributed by atoms with Gasteiger partial charge in [0.2, 0.25) is 0 Å². The van der Waals surface area contributed by atoms with Gasteiger partial charge in [-0.15, -0.1) is 0 Å². The lowest BCUT2D eigenvalue weighted by Crippen LogP contribution is -2.35. The Balaban J connectivity index is 3.58. The lowest BCUT2D eigenvalue weighted by molar-refractivity contribution is 0.490. The van der Waals surface area contributed by atoms with Crippen LogP contribution in [0, 0.1) is 5.92 Å². The molecule has 0 spiro atoms. The topological polar surface area (TPSA) is 26.0 Å². The minimum atomic E-state index is 0.347. The fourth-order valence-electron chi connectivity index (χ4n) is 0.699. The predicted octanol–water partition coefficient (Wildman–Crippen LogP) is 1.72. The van der Waals surface area contributed by atoms with Crippen LogP contribution in [0.25, 0.3) is 0 Å². The molecule has 0 bridgehead atoms. The van der Waals surface area contributed by atoms with Crippen LogP contribution >= 0.6 is 11.8 Å². The lowest BCUT2D eigenvalue weighted by atomic mass is 10.0. The fraction of sp³-hybridized carbons (Fsp3) is 1.00. The highest BCUT2D eigenvalue weighted by Gasteiger charge is 2.13. The third kappa shape index (κ3) is 3.11. The summed E-state index contributed by atoms with van der Waals surface area (Å²) >= 11 is 1.84. The minimum absolute atomic E-state index is 0.347. The standard InChI is InChI=1S/C7H17NS/c1-5(2)7(8)6(3)9-4/h5-7H,8H2,1-4H3. The lowest BCUT2D eigenvalue weighted by Gasteiger charge is -2.20. The molecule has 0 aromatic heterocycles. The summed E-state index contributed by atoms with van der Waals surface area (Å²) in [7, 11) is 0. The van der Waals surface area contributed by atoms with Crippen molar-refractivity contribution < 1.29 is 0 Å². The smallest absolute Gasteiger partial charge is 0.0179 e. The minimum Gasteiger partial charge on any atom is -0.326 e. The van der Waals surface area contributed by atoms with Crippen molar-refractivity contribution in [2.45, 2.75) is 32.1 Å². The summed E-state index contributed by atoms with van der Waals surface area (Å²) in [5.41, 5.74) is 5.85. The average molecular weight is 147 g/mol. The second-order valence-corrected chi connectivity index (χ2v) is 3.98. The fourth-order valence-corrected chi connectivity index (χ4v) is 1.33. The molecule has 0 radical (unpaired) electrons. The summed E-state index contributed by atoms with van der Waals surface area (Å²) in [6.07, 6.45) is 2.10. The number of rotatable bonds is 3. The van der Waals surface area contributed by atoms with Crippen molar-refractivity contribution in [1.29, 1.82) is 0 Å². The number of thioether (sulfide) groups is 1. The zero-order chi connectivity index (χ0) is 7.44. The third-order valence-electron chi connectivity index (χ3n) is 1.68. The number of nitrogens with two attached hydrogens (primary N) is 1. The predicted molar refractivity (Wildman–Crippen MR) is 45.8 cm³/mol. The number of hydrogen-bond acceptors (Lipinski definition) is 2. The molecule has 0 saturated heterocycles. The molecule has 56 valence electrons. The molecule has 0 fully saturated rings. The molecule has 0 aliphatic heterocycles. The van der Waals surface area contributed by atoms with Gasteiger partial charge in [-0.25, -0.2) is 0 Å². The Labute approximate surface area is 62.4 Å². The molecule has 1 nitrogen and oxygen atoms in total. The van der Waals surface area contributed by atoms with Gasteiger partial charge in [-0.2, -0.15) is 11.8 Å². The van der Waals surface area contributed by atoms with Crippen molar-refractivity contribution >= 4 is 11.8 Å². The van der Waals surface area contributed by atoms with E-state index in [0.29, 0.717) is 17.2 Å². The highest BCUT2D eigenvalue weighted by molar-refractivity contribution is 7.99. The molecule has 0 heterocycles. The summed E-state index contributed by atoms with van der Waals surface area (Å²) in [5, 5.41) is 0.588. The highest BCUT2D eigenvalue weighted by Crippen LogP contribution is 2.14. The van der Waals surface area contributed by atoms with Crippen molar-refractivity contribution in [2.24, 2.45) is 11.7 Å². The first-order chi connectivity index (χ1) is 4.09. The molecule has 0 aromatic carbocycles. The summed E-state index contributed by atoms with van der Waals surface area (Å²) in [6, 6.07) is 0.347. The number of hydrogen-bond donors (Lipinski definition) is 1. The van der Waals surface area contributed by atoms with Gasteiger partial charge in [0.25, 0.3) is 0 Å². The van der Waals surface area contributed by atoms with E-state index in [9.17, 15) is 0 Å². The van der Waals surface area contributed by atoms with E-state index in [-0.39, 0.29) is 0 Å². The first-order valence-electron chi connectivity index (χ1n) is 3.38. The van der Waals surface area contributed by atoms with Crippen LogP contribution < -0.4 is 5.73 Å². The molecule has 0 aliphatic rings. The molecule has 0 amide bonds. The van der Waals surface area contributed by atoms with E-state index in [1.807, 2.05) is 11.8 Å².